The second kappa shape index (κ2) is 7.66. The number of benzene rings is 1. The average molecular weight is 261 g/mol. The molecule has 1 fully saturated rings. The molecule has 0 radical (unpaired) electrons. The van der Waals surface area contributed by atoms with Crippen LogP contribution in [0.5, 0.6) is 0 Å². The average Bonchev–Trinajstić information content (AvgIpc) is 2.48. The van der Waals surface area contributed by atoms with Gasteiger partial charge >= 0.3 is 0 Å². The molecule has 0 spiro atoms. The second-order valence-electron chi connectivity index (χ2n) is 5.63. The Bertz CT molecular complexity index is 352. The number of nitrogens with zero attached hydrogens (tertiary/aromatic N) is 1. The number of piperidine rings is 1. The first-order valence-electron chi connectivity index (χ1n) is 7.64. The summed E-state index contributed by atoms with van der Waals surface area (Å²) < 4.78 is 5.56. The van der Waals surface area contributed by atoms with Crippen molar-refractivity contribution in [2.75, 3.05) is 20.2 Å². The topological polar surface area (TPSA) is 12.5 Å². The Morgan fingerprint density at radius 2 is 2.11 bits per heavy atom. The lowest BCUT2D eigenvalue weighted by Gasteiger charge is -2.38. The lowest BCUT2D eigenvalue weighted by molar-refractivity contribution is 0.0128. The van der Waals surface area contributed by atoms with Gasteiger partial charge in [0.1, 0.15) is 0 Å². The summed E-state index contributed by atoms with van der Waals surface area (Å²) in [6, 6.07) is 11.6. The van der Waals surface area contributed by atoms with Crippen molar-refractivity contribution in [3.8, 4) is 0 Å². The van der Waals surface area contributed by atoms with Gasteiger partial charge in [-0.1, -0.05) is 43.7 Å². The lowest BCUT2D eigenvalue weighted by Crippen LogP contribution is -2.46. The fourth-order valence-corrected chi connectivity index (χ4v) is 3.12. The Balaban J connectivity index is 1.98. The van der Waals surface area contributed by atoms with Gasteiger partial charge in [0.25, 0.3) is 0 Å². The molecule has 1 heterocycles. The van der Waals surface area contributed by atoms with Crippen LogP contribution in [0.3, 0.4) is 0 Å². The van der Waals surface area contributed by atoms with Crippen LogP contribution in [-0.2, 0) is 11.2 Å². The van der Waals surface area contributed by atoms with Gasteiger partial charge in [-0.15, -0.1) is 0 Å². The number of hydrogen-bond donors (Lipinski definition) is 0. The van der Waals surface area contributed by atoms with Crippen LogP contribution in [0.4, 0.5) is 0 Å². The maximum atomic E-state index is 5.56. The Morgan fingerprint density at radius 3 is 2.79 bits per heavy atom. The largest absolute Gasteiger partial charge is 0.380 e. The van der Waals surface area contributed by atoms with Gasteiger partial charge in [0.2, 0.25) is 0 Å². The number of rotatable bonds is 6. The highest BCUT2D eigenvalue weighted by atomic mass is 16.5. The molecule has 1 aliphatic rings. The summed E-state index contributed by atoms with van der Waals surface area (Å²) in [5.74, 6) is 0. The maximum absolute atomic E-state index is 5.56. The summed E-state index contributed by atoms with van der Waals surface area (Å²) in [4.78, 5) is 2.65. The summed E-state index contributed by atoms with van der Waals surface area (Å²) >= 11 is 0. The van der Waals surface area contributed by atoms with Crippen LogP contribution < -0.4 is 0 Å². The Morgan fingerprint density at radius 1 is 1.32 bits per heavy atom. The van der Waals surface area contributed by atoms with Crippen LogP contribution in [0.25, 0.3) is 0 Å². The molecule has 0 aromatic heterocycles. The van der Waals surface area contributed by atoms with Crippen molar-refractivity contribution in [3.63, 3.8) is 0 Å². The first kappa shape index (κ1) is 14.5. The monoisotopic (exact) mass is 261 g/mol. The highest BCUT2D eigenvalue weighted by Gasteiger charge is 2.25. The predicted octanol–water partition coefficient (Wildman–Crippen LogP) is 3.51. The molecule has 0 saturated carbocycles. The summed E-state index contributed by atoms with van der Waals surface area (Å²) in [6.07, 6.45) is 6.64. The number of hydrogen-bond acceptors (Lipinski definition) is 2. The van der Waals surface area contributed by atoms with Gasteiger partial charge in [0.05, 0.1) is 6.10 Å². The van der Waals surface area contributed by atoms with Gasteiger partial charge in [0.15, 0.2) is 0 Å². The lowest BCUT2D eigenvalue weighted by atomic mass is 9.97. The molecular formula is C17H27NO. The summed E-state index contributed by atoms with van der Waals surface area (Å²) in [7, 11) is 1.85. The predicted molar refractivity (Wildman–Crippen MR) is 80.4 cm³/mol. The molecule has 1 saturated heterocycles. The van der Waals surface area contributed by atoms with Crippen LogP contribution in [0.2, 0.25) is 0 Å². The summed E-state index contributed by atoms with van der Waals surface area (Å²) in [5.41, 5.74) is 1.46. The minimum atomic E-state index is 0.434. The third-order valence-electron chi connectivity index (χ3n) is 4.20. The third-order valence-corrected chi connectivity index (χ3v) is 4.20. The van der Waals surface area contributed by atoms with Crippen LogP contribution in [-0.4, -0.2) is 37.2 Å². The van der Waals surface area contributed by atoms with E-state index >= 15 is 0 Å². The Labute approximate surface area is 117 Å². The van der Waals surface area contributed by atoms with Gasteiger partial charge in [-0.25, -0.2) is 0 Å². The van der Waals surface area contributed by atoms with Crippen molar-refractivity contribution in [2.45, 2.75) is 51.2 Å². The zero-order valence-corrected chi connectivity index (χ0v) is 12.3. The maximum Gasteiger partial charge on any atom is 0.0698 e. The Kier molecular flexibility index (Phi) is 5.87. The normalized spacial score (nSPS) is 22.3. The molecule has 2 atom stereocenters. The van der Waals surface area contributed by atoms with Gasteiger partial charge in [0, 0.05) is 19.7 Å². The van der Waals surface area contributed by atoms with E-state index in [1.165, 1.54) is 44.2 Å². The van der Waals surface area contributed by atoms with Crippen LogP contribution in [0, 0.1) is 0 Å². The molecule has 2 nitrogen and oxygen atoms in total. The molecule has 2 rings (SSSR count). The zero-order valence-electron chi connectivity index (χ0n) is 12.3. The molecule has 1 aromatic rings. The van der Waals surface area contributed by atoms with Crippen molar-refractivity contribution in [1.82, 2.24) is 4.90 Å². The van der Waals surface area contributed by atoms with Crippen LogP contribution >= 0.6 is 0 Å². The van der Waals surface area contributed by atoms with E-state index in [9.17, 15) is 0 Å². The molecular weight excluding hydrogens is 234 g/mol. The van der Waals surface area contributed by atoms with E-state index in [1.807, 2.05) is 7.11 Å². The van der Waals surface area contributed by atoms with E-state index in [2.05, 4.69) is 42.2 Å². The fourth-order valence-electron chi connectivity index (χ4n) is 3.12. The van der Waals surface area contributed by atoms with E-state index in [1.54, 1.807) is 0 Å². The molecule has 0 N–H and O–H groups in total. The fraction of sp³-hybridized carbons (Fsp3) is 0.647. The smallest absolute Gasteiger partial charge is 0.0698 e. The quantitative estimate of drug-likeness (QED) is 0.777. The van der Waals surface area contributed by atoms with Crippen molar-refractivity contribution < 1.29 is 4.74 Å². The first-order chi connectivity index (χ1) is 9.33. The van der Waals surface area contributed by atoms with E-state index in [4.69, 9.17) is 4.74 Å². The Hall–Kier alpha value is -0.860. The minimum absolute atomic E-state index is 0.434. The van der Waals surface area contributed by atoms with Gasteiger partial charge < -0.3 is 4.74 Å². The van der Waals surface area contributed by atoms with Crippen molar-refractivity contribution in [1.29, 1.82) is 0 Å². The van der Waals surface area contributed by atoms with Gasteiger partial charge in [-0.05, 0) is 37.8 Å². The molecule has 0 bridgehead atoms. The number of likely N-dealkylation sites (tertiary alicyclic amines) is 1. The van der Waals surface area contributed by atoms with E-state index in [0.717, 1.165) is 6.54 Å². The second-order valence-corrected chi connectivity index (χ2v) is 5.63. The highest BCUT2D eigenvalue weighted by Crippen LogP contribution is 2.20. The van der Waals surface area contributed by atoms with E-state index in [0.29, 0.717) is 12.1 Å². The molecule has 19 heavy (non-hydrogen) atoms. The van der Waals surface area contributed by atoms with Crippen molar-refractivity contribution in [2.24, 2.45) is 0 Å². The van der Waals surface area contributed by atoms with Gasteiger partial charge in [-0.2, -0.15) is 0 Å². The zero-order chi connectivity index (χ0) is 13.5. The standard InChI is InChI=1S/C17H27NO/c1-3-8-16(13-15-9-5-4-6-10-15)18-12-7-11-17(14-18)19-2/h4-6,9-10,16-17H,3,7-8,11-14H2,1-2H3. The van der Waals surface area contributed by atoms with Crippen molar-refractivity contribution >= 4 is 0 Å². The molecule has 1 aromatic carbocycles. The number of ether oxygens (including phenoxy) is 1. The van der Waals surface area contributed by atoms with Gasteiger partial charge in [-0.3, -0.25) is 4.90 Å². The van der Waals surface area contributed by atoms with E-state index < -0.39 is 0 Å². The molecule has 1 aliphatic heterocycles. The van der Waals surface area contributed by atoms with E-state index in [-0.39, 0.29) is 0 Å². The molecule has 106 valence electrons. The SMILES string of the molecule is CCCC(Cc1ccccc1)N1CCCC(OC)C1. The summed E-state index contributed by atoms with van der Waals surface area (Å²) in [5, 5.41) is 0. The third kappa shape index (κ3) is 4.32. The molecule has 0 aliphatic carbocycles. The number of methoxy groups -OCH3 is 1. The molecule has 2 heteroatoms. The summed E-state index contributed by atoms with van der Waals surface area (Å²) in [6.45, 7) is 4.63. The molecule has 2 unspecified atom stereocenters. The minimum Gasteiger partial charge on any atom is -0.380 e. The highest BCUT2D eigenvalue weighted by molar-refractivity contribution is 5.16. The van der Waals surface area contributed by atoms with Crippen molar-refractivity contribution in [3.05, 3.63) is 35.9 Å². The van der Waals surface area contributed by atoms with Crippen LogP contribution in [0.15, 0.2) is 30.3 Å². The van der Waals surface area contributed by atoms with Crippen LogP contribution in [0.1, 0.15) is 38.2 Å². The molecule has 0 amide bonds. The first-order valence-corrected chi connectivity index (χ1v) is 7.64.